The van der Waals surface area contributed by atoms with Gasteiger partial charge in [-0.05, 0) is 12.8 Å². The third kappa shape index (κ3) is 3.56. The van der Waals surface area contributed by atoms with E-state index in [1.54, 1.807) is 7.11 Å². The number of alkyl halides is 1. The van der Waals surface area contributed by atoms with Crippen LogP contribution >= 0.6 is 11.6 Å². The second kappa shape index (κ2) is 6.76. The summed E-state index contributed by atoms with van der Waals surface area (Å²) in [7, 11) is -1.78. The molecule has 0 aromatic rings. The van der Waals surface area contributed by atoms with Crippen LogP contribution in [0.5, 0.6) is 0 Å². The van der Waals surface area contributed by atoms with E-state index < -0.39 is 10.2 Å². The highest BCUT2D eigenvalue weighted by molar-refractivity contribution is 7.86. The quantitative estimate of drug-likeness (QED) is 0.634. The minimum atomic E-state index is -3.33. The zero-order chi connectivity index (χ0) is 12.0. The highest BCUT2D eigenvalue weighted by Gasteiger charge is 2.30. The van der Waals surface area contributed by atoms with Gasteiger partial charge in [0.15, 0.2) is 0 Å². The summed E-state index contributed by atoms with van der Waals surface area (Å²) in [5.41, 5.74) is 0. The van der Waals surface area contributed by atoms with Crippen molar-refractivity contribution in [3.8, 4) is 0 Å². The monoisotopic (exact) mass is 270 g/mol. The minimum Gasteiger partial charge on any atom is -0.383 e. The van der Waals surface area contributed by atoms with Crippen molar-refractivity contribution >= 4 is 21.8 Å². The van der Waals surface area contributed by atoms with Crippen LogP contribution in [0.2, 0.25) is 0 Å². The minimum absolute atomic E-state index is 0.302. The third-order valence-corrected chi connectivity index (χ3v) is 4.80. The fourth-order valence-electron chi connectivity index (χ4n) is 1.71. The Morgan fingerprint density at radius 2 is 1.94 bits per heavy atom. The Labute approximate surface area is 102 Å². The molecule has 0 atom stereocenters. The van der Waals surface area contributed by atoms with Gasteiger partial charge in [0.05, 0.1) is 6.61 Å². The van der Waals surface area contributed by atoms with Crippen molar-refractivity contribution < 1.29 is 13.2 Å². The summed E-state index contributed by atoms with van der Waals surface area (Å²) in [6.07, 6.45) is 1.89. The molecule has 0 saturated carbocycles. The Hall–Kier alpha value is 0.120. The van der Waals surface area contributed by atoms with Crippen LogP contribution in [0.1, 0.15) is 12.8 Å². The van der Waals surface area contributed by atoms with Gasteiger partial charge < -0.3 is 4.74 Å². The van der Waals surface area contributed by atoms with Crippen LogP contribution in [0.3, 0.4) is 0 Å². The van der Waals surface area contributed by atoms with Gasteiger partial charge in [-0.15, -0.1) is 11.6 Å². The second-order valence-corrected chi connectivity index (χ2v) is 6.00. The van der Waals surface area contributed by atoms with Gasteiger partial charge in [-0.25, -0.2) is 0 Å². The molecule has 0 amide bonds. The van der Waals surface area contributed by atoms with Gasteiger partial charge in [-0.2, -0.15) is 17.0 Å². The summed E-state index contributed by atoms with van der Waals surface area (Å²) in [5.74, 6) is 0.302. The number of ether oxygens (including phenoxy) is 1. The molecule has 1 aliphatic heterocycles. The highest BCUT2D eigenvalue weighted by Crippen LogP contribution is 2.16. The lowest BCUT2D eigenvalue weighted by Crippen LogP contribution is -2.44. The molecule has 96 valence electrons. The van der Waals surface area contributed by atoms with Crippen molar-refractivity contribution in [1.29, 1.82) is 0 Å². The second-order valence-electron chi connectivity index (χ2n) is 3.69. The first-order chi connectivity index (χ1) is 7.62. The maximum atomic E-state index is 12.2. The molecule has 0 aromatic heterocycles. The van der Waals surface area contributed by atoms with E-state index in [-0.39, 0.29) is 0 Å². The molecule has 1 heterocycles. The van der Waals surface area contributed by atoms with E-state index in [1.165, 1.54) is 8.61 Å². The van der Waals surface area contributed by atoms with Crippen molar-refractivity contribution in [1.82, 2.24) is 8.61 Å². The van der Waals surface area contributed by atoms with Crippen molar-refractivity contribution in [2.75, 3.05) is 45.8 Å². The van der Waals surface area contributed by atoms with E-state index in [0.29, 0.717) is 38.7 Å². The van der Waals surface area contributed by atoms with Crippen LogP contribution in [0.4, 0.5) is 0 Å². The van der Waals surface area contributed by atoms with Gasteiger partial charge in [0.25, 0.3) is 10.2 Å². The van der Waals surface area contributed by atoms with Gasteiger partial charge in [-0.3, -0.25) is 0 Å². The first-order valence-electron chi connectivity index (χ1n) is 5.43. The van der Waals surface area contributed by atoms with Crippen LogP contribution in [0, 0.1) is 0 Å². The van der Waals surface area contributed by atoms with Crippen LogP contribution in [-0.4, -0.2) is 62.8 Å². The van der Waals surface area contributed by atoms with E-state index in [0.717, 1.165) is 12.8 Å². The van der Waals surface area contributed by atoms with Crippen molar-refractivity contribution in [2.45, 2.75) is 12.8 Å². The number of rotatable bonds is 7. The Kier molecular flexibility index (Phi) is 5.99. The fourth-order valence-corrected chi connectivity index (χ4v) is 3.69. The summed E-state index contributed by atoms with van der Waals surface area (Å²) >= 11 is 5.62. The van der Waals surface area contributed by atoms with Crippen LogP contribution < -0.4 is 0 Å². The molecule has 0 unspecified atom stereocenters. The SMILES string of the molecule is COCCN(CCCl)S(=O)(=O)N1CCCC1. The maximum absolute atomic E-state index is 12.2. The van der Waals surface area contributed by atoms with Crippen molar-refractivity contribution in [3.63, 3.8) is 0 Å². The standard InChI is InChI=1S/C9H19ClN2O3S/c1-15-9-8-12(7-4-10)16(13,14)11-5-2-3-6-11/h2-9H2,1H3. The van der Waals surface area contributed by atoms with Gasteiger partial charge in [0.2, 0.25) is 0 Å². The zero-order valence-electron chi connectivity index (χ0n) is 9.56. The highest BCUT2D eigenvalue weighted by atomic mass is 35.5. The molecular formula is C9H19ClN2O3S. The van der Waals surface area contributed by atoms with Crippen LogP contribution in [0.15, 0.2) is 0 Å². The molecule has 1 fully saturated rings. The van der Waals surface area contributed by atoms with Crippen molar-refractivity contribution in [2.24, 2.45) is 0 Å². The maximum Gasteiger partial charge on any atom is 0.282 e. The Bertz CT molecular complexity index is 291. The van der Waals surface area contributed by atoms with Crippen molar-refractivity contribution in [3.05, 3.63) is 0 Å². The number of methoxy groups -OCH3 is 1. The smallest absolute Gasteiger partial charge is 0.282 e. The lowest BCUT2D eigenvalue weighted by molar-refractivity contribution is 0.178. The summed E-state index contributed by atoms with van der Waals surface area (Å²) < 4.78 is 32.2. The molecule has 1 aliphatic rings. The molecule has 1 rings (SSSR count). The average Bonchev–Trinajstić information content (AvgIpc) is 2.77. The van der Waals surface area contributed by atoms with Crippen LogP contribution in [0.25, 0.3) is 0 Å². The zero-order valence-corrected chi connectivity index (χ0v) is 11.1. The molecule has 5 nitrogen and oxygen atoms in total. The topological polar surface area (TPSA) is 49.9 Å². The lowest BCUT2D eigenvalue weighted by Gasteiger charge is -2.26. The normalized spacial score (nSPS) is 18.4. The summed E-state index contributed by atoms with van der Waals surface area (Å²) in [4.78, 5) is 0. The Morgan fingerprint density at radius 1 is 1.31 bits per heavy atom. The number of halogens is 1. The Morgan fingerprint density at radius 3 is 2.44 bits per heavy atom. The molecule has 0 radical (unpaired) electrons. The molecule has 0 aromatic carbocycles. The average molecular weight is 271 g/mol. The molecule has 0 N–H and O–H groups in total. The number of nitrogens with zero attached hydrogens (tertiary/aromatic N) is 2. The predicted octanol–water partition coefficient (Wildman–Crippen LogP) is 0.514. The Balaban J connectivity index is 2.66. The first kappa shape index (κ1) is 14.2. The summed E-state index contributed by atoms with van der Waals surface area (Å²) in [6.45, 7) is 2.33. The first-order valence-corrected chi connectivity index (χ1v) is 7.36. The number of hydrogen-bond acceptors (Lipinski definition) is 3. The van der Waals surface area contributed by atoms with Crippen LogP contribution in [-0.2, 0) is 14.9 Å². The van der Waals surface area contributed by atoms with Gasteiger partial charge >= 0.3 is 0 Å². The molecule has 0 aliphatic carbocycles. The third-order valence-electron chi connectivity index (χ3n) is 2.60. The van der Waals surface area contributed by atoms with Gasteiger partial charge in [0.1, 0.15) is 0 Å². The molecular weight excluding hydrogens is 252 g/mol. The van der Waals surface area contributed by atoms with E-state index in [4.69, 9.17) is 16.3 Å². The number of hydrogen-bond donors (Lipinski definition) is 0. The van der Waals surface area contributed by atoms with E-state index in [2.05, 4.69) is 0 Å². The molecule has 0 spiro atoms. The summed E-state index contributed by atoms with van der Waals surface area (Å²) in [6, 6.07) is 0. The van der Waals surface area contributed by atoms with E-state index >= 15 is 0 Å². The largest absolute Gasteiger partial charge is 0.383 e. The molecule has 1 saturated heterocycles. The molecule has 16 heavy (non-hydrogen) atoms. The predicted molar refractivity (Wildman–Crippen MR) is 63.9 cm³/mol. The van der Waals surface area contributed by atoms with Gasteiger partial charge in [0, 0.05) is 39.2 Å². The van der Waals surface area contributed by atoms with Gasteiger partial charge in [-0.1, -0.05) is 0 Å². The molecule has 7 heteroatoms. The lowest BCUT2D eigenvalue weighted by atomic mass is 10.4. The molecule has 0 bridgehead atoms. The van der Waals surface area contributed by atoms with E-state index in [9.17, 15) is 8.42 Å². The van der Waals surface area contributed by atoms with E-state index in [1.807, 2.05) is 0 Å². The fraction of sp³-hybridized carbons (Fsp3) is 1.00. The summed E-state index contributed by atoms with van der Waals surface area (Å²) in [5, 5.41) is 0.